The lowest BCUT2D eigenvalue weighted by molar-refractivity contribution is -0.127. The summed E-state index contributed by atoms with van der Waals surface area (Å²) in [7, 11) is 1.65. The van der Waals surface area contributed by atoms with Gasteiger partial charge in [-0.2, -0.15) is 0 Å². The number of hydrogen-bond donors (Lipinski definition) is 3. The van der Waals surface area contributed by atoms with Crippen LogP contribution < -0.4 is 20.7 Å². The van der Waals surface area contributed by atoms with Gasteiger partial charge in [0.05, 0.1) is 7.11 Å². The Kier molecular flexibility index (Phi) is 6.68. The lowest BCUT2D eigenvalue weighted by Crippen LogP contribution is -2.65. The number of nitrogens with zero attached hydrogens (tertiary/aromatic N) is 1. The van der Waals surface area contributed by atoms with Gasteiger partial charge in [-0.3, -0.25) is 19.8 Å². The lowest BCUT2D eigenvalue weighted by Gasteiger charge is -2.41. The Morgan fingerprint density at radius 1 is 1.30 bits per heavy atom. The lowest BCUT2D eigenvalue weighted by atomic mass is 10.0. The summed E-state index contributed by atoms with van der Waals surface area (Å²) in [5.41, 5.74) is 1.05. The minimum Gasteiger partial charge on any atom is -0.496 e. The van der Waals surface area contributed by atoms with Crippen molar-refractivity contribution in [1.29, 1.82) is 0 Å². The molecule has 2 aliphatic rings. The van der Waals surface area contributed by atoms with Crippen molar-refractivity contribution in [2.45, 2.75) is 57.4 Å². The van der Waals surface area contributed by atoms with Gasteiger partial charge < -0.3 is 15.4 Å². The number of carbonyl (C=O) groups is 2. The first kappa shape index (κ1) is 19.6. The van der Waals surface area contributed by atoms with E-state index in [4.69, 9.17) is 4.74 Å². The molecule has 2 saturated heterocycles. The van der Waals surface area contributed by atoms with E-state index in [1.165, 1.54) is 0 Å². The molecule has 0 spiro atoms. The molecule has 2 aliphatic heterocycles. The van der Waals surface area contributed by atoms with Gasteiger partial charge in [0.1, 0.15) is 12.0 Å². The largest absolute Gasteiger partial charge is 0.496 e. The zero-order valence-corrected chi connectivity index (χ0v) is 16.2. The molecule has 0 radical (unpaired) electrons. The normalized spacial score (nSPS) is 24.3. The molecule has 7 nitrogen and oxygen atoms in total. The Morgan fingerprint density at radius 2 is 2.04 bits per heavy atom. The number of benzene rings is 1. The molecular formula is C20H30N4O3. The second kappa shape index (κ2) is 9.19. The Hall–Kier alpha value is -2.12. The van der Waals surface area contributed by atoms with Crippen LogP contribution in [0.3, 0.4) is 0 Å². The molecule has 2 amide bonds. The maximum absolute atomic E-state index is 12.3. The molecule has 0 bridgehead atoms. The van der Waals surface area contributed by atoms with Gasteiger partial charge in [-0.25, -0.2) is 0 Å². The highest BCUT2D eigenvalue weighted by Gasteiger charge is 2.30. The van der Waals surface area contributed by atoms with Crippen molar-refractivity contribution in [2.24, 2.45) is 0 Å². The van der Waals surface area contributed by atoms with E-state index in [0.717, 1.165) is 37.2 Å². The van der Waals surface area contributed by atoms with Gasteiger partial charge in [-0.15, -0.1) is 0 Å². The third kappa shape index (κ3) is 5.43. The van der Waals surface area contributed by atoms with E-state index in [0.29, 0.717) is 19.3 Å². The summed E-state index contributed by atoms with van der Waals surface area (Å²) in [6.07, 6.45) is 3.34. The smallest absolute Gasteiger partial charge is 0.223 e. The monoisotopic (exact) mass is 374 g/mol. The molecule has 0 saturated carbocycles. The summed E-state index contributed by atoms with van der Waals surface area (Å²) < 4.78 is 5.34. The number of amides is 2. The quantitative estimate of drug-likeness (QED) is 0.692. The molecule has 2 unspecified atom stereocenters. The van der Waals surface area contributed by atoms with Gasteiger partial charge in [0, 0.05) is 38.0 Å². The summed E-state index contributed by atoms with van der Waals surface area (Å²) in [6.45, 7) is 3.73. The van der Waals surface area contributed by atoms with Crippen LogP contribution in [0.25, 0.3) is 0 Å². The van der Waals surface area contributed by atoms with Crippen LogP contribution >= 0.6 is 0 Å². The number of carbonyl (C=O) groups excluding carboxylic acids is 2. The summed E-state index contributed by atoms with van der Waals surface area (Å²) in [5.74, 6) is 1.00. The second-order valence-corrected chi connectivity index (χ2v) is 7.43. The first-order valence-electron chi connectivity index (χ1n) is 9.76. The maximum Gasteiger partial charge on any atom is 0.223 e. The SMILES string of the molecule is COc1ccccc1CCC(=O)NC1CCN(C2NC(=O)CC(C)N2)CC1. The summed E-state index contributed by atoms with van der Waals surface area (Å²) >= 11 is 0. The van der Waals surface area contributed by atoms with E-state index < -0.39 is 0 Å². The Labute approximate surface area is 160 Å². The van der Waals surface area contributed by atoms with Gasteiger partial charge in [0.2, 0.25) is 11.8 Å². The number of likely N-dealkylation sites (tertiary alicyclic amines) is 1. The number of hydrogen-bond acceptors (Lipinski definition) is 5. The van der Waals surface area contributed by atoms with Crippen LogP contribution in [0.15, 0.2) is 24.3 Å². The van der Waals surface area contributed by atoms with Crippen LogP contribution in [-0.2, 0) is 16.0 Å². The molecule has 3 N–H and O–H groups in total. The van der Waals surface area contributed by atoms with E-state index in [2.05, 4.69) is 20.9 Å². The standard InChI is InChI=1S/C20H30N4O3/c1-14-13-19(26)23-20(21-14)24-11-9-16(10-12-24)22-18(25)8-7-15-5-3-4-6-17(15)27-2/h3-6,14,16,20-21H,7-13H2,1-2H3,(H,22,25)(H,23,26). The number of nitrogens with one attached hydrogen (secondary N) is 3. The topological polar surface area (TPSA) is 82.7 Å². The van der Waals surface area contributed by atoms with E-state index in [1.54, 1.807) is 7.11 Å². The van der Waals surface area contributed by atoms with E-state index in [-0.39, 0.29) is 30.2 Å². The number of aryl methyl sites for hydroxylation is 1. The molecular weight excluding hydrogens is 344 g/mol. The highest BCUT2D eigenvalue weighted by Crippen LogP contribution is 2.19. The zero-order chi connectivity index (χ0) is 19.2. The van der Waals surface area contributed by atoms with Gasteiger partial charge in [-0.1, -0.05) is 18.2 Å². The molecule has 1 aromatic rings. The van der Waals surface area contributed by atoms with Crippen molar-refractivity contribution >= 4 is 11.8 Å². The van der Waals surface area contributed by atoms with Crippen LogP contribution in [0.4, 0.5) is 0 Å². The van der Waals surface area contributed by atoms with Crippen LogP contribution in [0.5, 0.6) is 5.75 Å². The van der Waals surface area contributed by atoms with Gasteiger partial charge in [-0.05, 0) is 37.8 Å². The van der Waals surface area contributed by atoms with E-state index in [9.17, 15) is 9.59 Å². The molecule has 1 aromatic carbocycles. The minimum atomic E-state index is -0.0940. The predicted octanol–water partition coefficient (Wildman–Crippen LogP) is 0.990. The molecule has 2 atom stereocenters. The fourth-order valence-electron chi connectivity index (χ4n) is 3.82. The number of rotatable bonds is 6. The van der Waals surface area contributed by atoms with Crippen molar-refractivity contribution in [3.05, 3.63) is 29.8 Å². The van der Waals surface area contributed by atoms with Crippen LogP contribution in [0, 0.1) is 0 Å². The molecule has 7 heteroatoms. The van der Waals surface area contributed by atoms with E-state index >= 15 is 0 Å². The molecule has 3 rings (SSSR count). The molecule has 0 aromatic heterocycles. The van der Waals surface area contributed by atoms with Crippen molar-refractivity contribution in [2.75, 3.05) is 20.2 Å². The third-order valence-corrected chi connectivity index (χ3v) is 5.31. The van der Waals surface area contributed by atoms with Crippen molar-refractivity contribution in [3.63, 3.8) is 0 Å². The average molecular weight is 374 g/mol. The van der Waals surface area contributed by atoms with Crippen molar-refractivity contribution in [3.8, 4) is 5.75 Å². The average Bonchev–Trinajstić information content (AvgIpc) is 2.66. The predicted molar refractivity (Wildman–Crippen MR) is 103 cm³/mol. The van der Waals surface area contributed by atoms with Crippen molar-refractivity contribution < 1.29 is 14.3 Å². The van der Waals surface area contributed by atoms with Gasteiger partial charge in [0.25, 0.3) is 0 Å². The minimum absolute atomic E-state index is 0.0806. The number of piperidine rings is 1. The Morgan fingerprint density at radius 3 is 2.74 bits per heavy atom. The molecule has 0 aliphatic carbocycles. The number of ether oxygens (including phenoxy) is 1. The highest BCUT2D eigenvalue weighted by atomic mass is 16.5. The van der Waals surface area contributed by atoms with E-state index in [1.807, 2.05) is 31.2 Å². The van der Waals surface area contributed by atoms with Crippen LogP contribution in [0.1, 0.15) is 38.2 Å². The summed E-state index contributed by atoms with van der Waals surface area (Å²) in [6, 6.07) is 8.20. The number of para-hydroxylation sites is 1. The molecule has 27 heavy (non-hydrogen) atoms. The summed E-state index contributed by atoms with van der Waals surface area (Å²) in [5, 5.41) is 9.57. The maximum atomic E-state index is 12.3. The molecule has 2 fully saturated rings. The second-order valence-electron chi connectivity index (χ2n) is 7.43. The number of methoxy groups -OCH3 is 1. The Bertz CT molecular complexity index is 658. The van der Waals surface area contributed by atoms with Crippen LogP contribution in [-0.4, -0.2) is 55.3 Å². The molecule has 2 heterocycles. The summed E-state index contributed by atoms with van der Waals surface area (Å²) in [4.78, 5) is 26.3. The van der Waals surface area contributed by atoms with Crippen LogP contribution in [0.2, 0.25) is 0 Å². The first-order valence-corrected chi connectivity index (χ1v) is 9.76. The van der Waals surface area contributed by atoms with Gasteiger partial charge in [0.15, 0.2) is 0 Å². The fraction of sp³-hybridized carbons (Fsp3) is 0.600. The molecule has 148 valence electrons. The third-order valence-electron chi connectivity index (χ3n) is 5.31. The van der Waals surface area contributed by atoms with Gasteiger partial charge >= 0.3 is 0 Å². The fourth-order valence-corrected chi connectivity index (χ4v) is 3.82. The Balaban J connectivity index is 1.41. The highest BCUT2D eigenvalue weighted by molar-refractivity contribution is 5.77. The zero-order valence-electron chi connectivity index (χ0n) is 16.2. The van der Waals surface area contributed by atoms with Crippen molar-refractivity contribution in [1.82, 2.24) is 20.9 Å². The first-order chi connectivity index (χ1) is 13.0.